The quantitative estimate of drug-likeness (QED) is 0.713. The van der Waals surface area contributed by atoms with E-state index in [0.717, 1.165) is 24.3 Å². The molecule has 1 amide bonds. The van der Waals surface area contributed by atoms with Crippen molar-refractivity contribution in [2.45, 2.75) is 50.9 Å². The lowest BCUT2D eigenvalue weighted by Crippen LogP contribution is -2.40. The third kappa shape index (κ3) is 4.86. The predicted molar refractivity (Wildman–Crippen MR) is 112 cm³/mol. The van der Waals surface area contributed by atoms with Gasteiger partial charge in [0, 0.05) is 12.0 Å². The fraction of sp³-hybridized carbons (Fsp3) is 0.458. The molecule has 0 radical (unpaired) electrons. The van der Waals surface area contributed by atoms with Gasteiger partial charge in [-0.2, -0.15) is 0 Å². The van der Waals surface area contributed by atoms with Gasteiger partial charge in [-0.15, -0.1) is 0 Å². The molecule has 1 N–H and O–H groups in total. The van der Waals surface area contributed by atoms with Crippen molar-refractivity contribution >= 4 is 5.91 Å². The van der Waals surface area contributed by atoms with Crippen LogP contribution >= 0.6 is 0 Å². The molecule has 0 spiro atoms. The number of ether oxygens (including phenoxy) is 2. The van der Waals surface area contributed by atoms with Gasteiger partial charge in [-0.25, -0.2) is 0 Å². The lowest BCUT2D eigenvalue weighted by Gasteiger charge is -2.30. The van der Waals surface area contributed by atoms with Crippen LogP contribution in [0.25, 0.3) is 0 Å². The predicted octanol–water partition coefficient (Wildman–Crippen LogP) is 4.83. The van der Waals surface area contributed by atoms with Crippen molar-refractivity contribution in [1.29, 1.82) is 0 Å². The van der Waals surface area contributed by atoms with Gasteiger partial charge in [0.2, 0.25) is 0 Å². The van der Waals surface area contributed by atoms with Crippen molar-refractivity contribution in [3.05, 3.63) is 59.7 Å². The molecule has 0 atom stereocenters. The summed E-state index contributed by atoms with van der Waals surface area (Å²) >= 11 is 0. The van der Waals surface area contributed by atoms with Crippen LogP contribution in [0.5, 0.6) is 11.5 Å². The maximum absolute atomic E-state index is 12.4. The molecule has 28 heavy (non-hydrogen) atoms. The SMILES string of the molecule is COc1ccc(C2(CNC(=O)COc3ccc(C(C)C)cc3)CCCC2)cc1. The molecular weight excluding hydrogens is 350 g/mol. The van der Waals surface area contributed by atoms with E-state index in [1.54, 1.807) is 7.11 Å². The Morgan fingerprint density at radius 3 is 2.18 bits per heavy atom. The summed E-state index contributed by atoms with van der Waals surface area (Å²) in [5, 5.41) is 3.10. The molecule has 1 aliphatic rings. The van der Waals surface area contributed by atoms with Gasteiger partial charge in [-0.3, -0.25) is 4.79 Å². The second-order valence-corrected chi connectivity index (χ2v) is 8.01. The topological polar surface area (TPSA) is 47.6 Å². The van der Waals surface area contributed by atoms with Crippen LogP contribution in [0.2, 0.25) is 0 Å². The second-order valence-electron chi connectivity index (χ2n) is 8.01. The van der Waals surface area contributed by atoms with Crippen molar-refractivity contribution in [3.63, 3.8) is 0 Å². The minimum Gasteiger partial charge on any atom is -0.497 e. The van der Waals surface area contributed by atoms with Crippen LogP contribution in [-0.4, -0.2) is 26.2 Å². The number of amides is 1. The van der Waals surface area contributed by atoms with Crippen LogP contribution in [0.3, 0.4) is 0 Å². The number of methoxy groups -OCH3 is 1. The number of carbonyl (C=O) groups is 1. The number of hydrogen-bond donors (Lipinski definition) is 1. The fourth-order valence-corrected chi connectivity index (χ4v) is 3.98. The summed E-state index contributed by atoms with van der Waals surface area (Å²) in [7, 11) is 1.68. The highest BCUT2D eigenvalue weighted by Crippen LogP contribution is 2.41. The summed E-state index contributed by atoms with van der Waals surface area (Å²) in [4.78, 5) is 12.4. The van der Waals surface area contributed by atoms with E-state index in [4.69, 9.17) is 9.47 Å². The average molecular weight is 382 g/mol. The standard InChI is InChI=1S/C24H31NO3/c1-18(2)19-6-10-22(11-7-19)28-16-23(26)25-17-24(14-4-5-15-24)20-8-12-21(27-3)13-9-20/h6-13,18H,4-5,14-17H2,1-3H3,(H,25,26). The highest BCUT2D eigenvalue weighted by atomic mass is 16.5. The minimum absolute atomic E-state index is 0.0147. The Morgan fingerprint density at radius 1 is 1.00 bits per heavy atom. The molecule has 1 fully saturated rings. The lowest BCUT2D eigenvalue weighted by molar-refractivity contribution is -0.123. The monoisotopic (exact) mass is 381 g/mol. The zero-order chi connectivity index (χ0) is 20.0. The Hall–Kier alpha value is -2.49. The number of hydrogen-bond acceptors (Lipinski definition) is 3. The number of nitrogens with one attached hydrogen (secondary N) is 1. The highest BCUT2D eigenvalue weighted by Gasteiger charge is 2.35. The first-order chi connectivity index (χ1) is 13.5. The molecule has 0 saturated heterocycles. The van der Waals surface area contributed by atoms with Crippen molar-refractivity contribution in [2.24, 2.45) is 0 Å². The van der Waals surface area contributed by atoms with E-state index >= 15 is 0 Å². The largest absolute Gasteiger partial charge is 0.497 e. The summed E-state index contributed by atoms with van der Waals surface area (Å²) in [6.45, 7) is 5.00. The van der Waals surface area contributed by atoms with Crippen molar-refractivity contribution in [1.82, 2.24) is 5.32 Å². The van der Waals surface area contributed by atoms with Gasteiger partial charge in [-0.05, 0) is 54.2 Å². The van der Waals surface area contributed by atoms with Gasteiger partial charge in [0.25, 0.3) is 5.91 Å². The molecule has 2 aromatic carbocycles. The van der Waals surface area contributed by atoms with E-state index < -0.39 is 0 Å². The third-order valence-electron chi connectivity index (χ3n) is 5.80. The van der Waals surface area contributed by atoms with Crippen LogP contribution < -0.4 is 14.8 Å². The molecule has 0 aromatic heterocycles. The van der Waals surface area contributed by atoms with Gasteiger partial charge in [0.15, 0.2) is 6.61 Å². The number of rotatable bonds is 8. The van der Waals surface area contributed by atoms with Gasteiger partial charge in [-0.1, -0.05) is 51.0 Å². The highest BCUT2D eigenvalue weighted by molar-refractivity contribution is 5.77. The minimum atomic E-state index is -0.0762. The molecule has 2 aromatic rings. The normalized spacial score (nSPS) is 15.4. The molecule has 3 rings (SSSR count). The van der Waals surface area contributed by atoms with E-state index in [0.29, 0.717) is 12.5 Å². The molecule has 0 bridgehead atoms. The Labute approximate surface area is 168 Å². The summed E-state index contributed by atoms with van der Waals surface area (Å²) < 4.78 is 10.9. The fourth-order valence-electron chi connectivity index (χ4n) is 3.98. The zero-order valence-electron chi connectivity index (χ0n) is 17.2. The molecule has 4 heteroatoms. The van der Waals surface area contributed by atoms with Crippen molar-refractivity contribution < 1.29 is 14.3 Å². The molecular formula is C24H31NO3. The Bertz CT molecular complexity index is 759. The van der Waals surface area contributed by atoms with E-state index in [2.05, 4.69) is 43.4 Å². The Balaban J connectivity index is 1.55. The van der Waals surface area contributed by atoms with Crippen LogP contribution in [0.1, 0.15) is 56.6 Å². The third-order valence-corrected chi connectivity index (χ3v) is 5.80. The number of benzene rings is 2. The van der Waals surface area contributed by atoms with Crippen molar-refractivity contribution in [3.8, 4) is 11.5 Å². The van der Waals surface area contributed by atoms with Crippen LogP contribution in [0.4, 0.5) is 0 Å². The Kier molecular flexibility index (Phi) is 6.61. The second kappa shape index (κ2) is 9.13. The summed E-state index contributed by atoms with van der Waals surface area (Å²) in [6, 6.07) is 16.2. The van der Waals surface area contributed by atoms with Gasteiger partial charge < -0.3 is 14.8 Å². The molecule has 0 aliphatic heterocycles. The zero-order valence-corrected chi connectivity index (χ0v) is 17.2. The number of carbonyl (C=O) groups excluding carboxylic acids is 1. The van der Waals surface area contributed by atoms with Crippen molar-refractivity contribution in [2.75, 3.05) is 20.3 Å². The maximum atomic E-state index is 12.4. The summed E-state index contributed by atoms with van der Waals surface area (Å²) in [5.74, 6) is 1.99. The smallest absolute Gasteiger partial charge is 0.257 e. The van der Waals surface area contributed by atoms with Crippen LogP contribution in [-0.2, 0) is 10.2 Å². The average Bonchev–Trinajstić information content (AvgIpc) is 3.21. The lowest BCUT2D eigenvalue weighted by atomic mass is 9.79. The van der Waals surface area contributed by atoms with E-state index in [1.165, 1.54) is 24.0 Å². The van der Waals surface area contributed by atoms with Gasteiger partial charge in [0.1, 0.15) is 11.5 Å². The van der Waals surface area contributed by atoms with Crippen LogP contribution in [0, 0.1) is 0 Å². The Morgan fingerprint density at radius 2 is 1.61 bits per heavy atom. The summed E-state index contributed by atoms with van der Waals surface area (Å²) in [6.07, 6.45) is 4.58. The first kappa shape index (κ1) is 20.2. The molecule has 0 heterocycles. The maximum Gasteiger partial charge on any atom is 0.257 e. The van der Waals surface area contributed by atoms with E-state index in [-0.39, 0.29) is 17.9 Å². The van der Waals surface area contributed by atoms with Crippen LogP contribution in [0.15, 0.2) is 48.5 Å². The molecule has 150 valence electrons. The molecule has 1 aliphatic carbocycles. The first-order valence-corrected chi connectivity index (χ1v) is 10.2. The van der Waals surface area contributed by atoms with Gasteiger partial charge >= 0.3 is 0 Å². The van der Waals surface area contributed by atoms with E-state index in [9.17, 15) is 4.79 Å². The first-order valence-electron chi connectivity index (χ1n) is 10.2. The summed E-state index contributed by atoms with van der Waals surface area (Å²) in [5.41, 5.74) is 2.55. The molecule has 4 nitrogen and oxygen atoms in total. The van der Waals surface area contributed by atoms with E-state index in [1.807, 2.05) is 24.3 Å². The molecule has 1 saturated carbocycles. The molecule has 0 unspecified atom stereocenters. The van der Waals surface area contributed by atoms with Gasteiger partial charge in [0.05, 0.1) is 7.11 Å².